The second-order valence-corrected chi connectivity index (χ2v) is 6.01. The summed E-state index contributed by atoms with van der Waals surface area (Å²) >= 11 is 0. The highest BCUT2D eigenvalue weighted by atomic mass is 16.5. The smallest absolute Gasteiger partial charge is 0.122 e. The summed E-state index contributed by atoms with van der Waals surface area (Å²) in [5.74, 6) is 2.44. The van der Waals surface area contributed by atoms with Gasteiger partial charge < -0.3 is 10.1 Å². The number of para-hydroxylation sites is 1. The van der Waals surface area contributed by atoms with Crippen LogP contribution in [0.25, 0.3) is 0 Å². The molecule has 0 aromatic heterocycles. The second-order valence-electron chi connectivity index (χ2n) is 6.01. The monoisotopic (exact) mass is 261 g/mol. The normalized spacial score (nSPS) is 19.3. The zero-order valence-electron chi connectivity index (χ0n) is 12.5. The summed E-state index contributed by atoms with van der Waals surface area (Å²) in [5.41, 5.74) is 1.40. The summed E-state index contributed by atoms with van der Waals surface area (Å²) < 4.78 is 5.76. The van der Waals surface area contributed by atoms with E-state index in [1.54, 1.807) is 0 Å². The van der Waals surface area contributed by atoms with Crippen LogP contribution in [-0.4, -0.2) is 19.2 Å². The Hall–Kier alpha value is -1.02. The fourth-order valence-electron chi connectivity index (χ4n) is 3.03. The summed E-state index contributed by atoms with van der Waals surface area (Å²) in [4.78, 5) is 0. The number of rotatable bonds is 7. The first-order valence-electron chi connectivity index (χ1n) is 7.65. The summed E-state index contributed by atoms with van der Waals surface area (Å²) in [7, 11) is 0. The van der Waals surface area contributed by atoms with E-state index >= 15 is 0 Å². The summed E-state index contributed by atoms with van der Waals surface area (Å²) in [5, 5.41) is 3.62. The van der Waals surface area contributed by atoms with E-state index in [4.69, 9.17) is 4.74 Å². The summed E-state index contributed by atoms with van der Waals surface area (Å²) in [6, 6.07) is 9.14. The Kier molecular flexibility index (Phi) is 5.26. The molecular weight excluding hydrogens is 234 g/mol. The van der Waals surface area contributed by atoms with Crippen molar-refractivity contribution in [1.29, 1.82) is 0 Å². The van der Waals surface area contributed by atoms with E-state index in [1.807, 2.05) is 0 Å². The van der Waals surface area contributed by atoms with Gasteiger partial charge in [-0.1, -0.05) is 39.0 Å². The van der Waals surface area contributed by atoms with Crippen molar-refractivity contribution in [3.05, 3.63) is 29.8 Å². The van der Waals surface area contributed by atoms with Gasteiger partial charge in [0.2, 0.25) is 0 Å². The van der Waals surface area contributed by atoms with Crippen LogP contribution < -0.4 is 10.1 Å². The van der Waals surface area contributed by atoms with Gasteiger partial charge in [0.25, 0.3) is 0 Å². The molecule has 2 nitrogen and oxygen atoms in total. The average Bonchev–Trinajstić information content (AvgIpc) is 2.79. The maximum atomic E-state index is 5.76. The molecule has 0 saturated heterocycles. The third kappa shape index (κ3) is 3.97. The van der Waals surface area contributed by atoms with Crippen LogP contribution in [0, 0.1) is 5.92 Å². The molecule has 2 unspecified atom stereocenters. The molecule has 0 saturated carbocycles. The van der Waals surface area contributed by atoms with Crippen LogP contribution in [0.15, 0.2) is 24.3 Å². The molecule has 2 heteroatoms. The Labute approximate surface area is 117 Å². The fourth-order valence-corrected chi connectivity index (χ4v) is 3.03. The fraction of sp³-hybridized carbons (Fsp3) is 0.647. The minimum absolute atomic E-state index is 0.588. The van der Waals surface area contributed by atoms with Crippen LogP contribution in [0.1, 0.15) is 51.5 Å². The van der Waals surface area contributed by atoms with Gasteiger partial charge >= 0.3 is 0 Å². The van der Waals surface area contributed by atoms with Crippen molar-refractivity contribution < 1.29 is 4.74 Å². The van der Waals surface area contributed by atoms with Crippen molar-refractivity contribution in [3.63, 3.8) is 0 Å². The Balaban J connectivity index is 1.88. The van der Waals surface area contributed by atoms with Gasteiger partial charge in [0.15, 0.2) is 0 Å². The van der Waals surface area contributed by atoms with Crippen LogP contribution in [0.4, 0.5) is 0 Å². The predicted octanol–water partition coefficient (Wildman–Crippen LogP) is 3.97. The van der Waals surface area contributed by atoms with Crippen molar-refractivity contribution in [2.75, 3.05) is 13.2 Å². The van der Waals surface area contributed by atoms with Crippen molar-refractivity contribution >= 4 is 0 Å². The standard InChI is InChI=1S/C17H27NO/c1-4-18-15(11-13(2)3)10-9-14-12-19-17-8-6-5-7-16(14)17/h5-8,13-15,18H,4,9-12H2,1-3H3. The van der Waals surface area contributed by atoms with E-state index in [2.05, 4.69) is 50.4 Å². The minimum Gasteiger partial charge on any atom is -0.493 e. The molecule has 2 atom stereocenters. The van der Waals surface area contributed by atoms with Gasteiger partial charge in [0.1, 0.15) is 5.75 Å². The predicted molar refractivity (Wildman–Crippen MR) is 80.8 cm³/mol. The molecule has 1 N–H and O–H groups in total. The Bertz CT molecular complexity index is 389. The number of hydrogen-bond donors (Lipinski definition) is 1. The first-order valence-corrected chi connectivity index (χ1v) is 7.65. The largest absolute Gasteiger partial charge is 0.493 e. The third-order valence-electron chi connectivity index (χ3n) is 3.91. The van der Waals surface area contributed by atoms with Gasteiger partial charge in [0, 0.05) is 17.5 Å². The molecule has 0 radical (unpaired) electrons. The molecule has 1 aliphatic rings. The van der Waals surface area contributed by atoms with E-state index in [-0.39, 0.29) is 0 Å². The zero-order chi connectivity index (χ0) is 13.7. The number of hydrogen-bond acceptors (Lipinski definition) is 2. The molecule has 1 heterocycles. The maximum absolute atomic E-state index is 5.76. The van der Waals surface area contributed by atoms with Gasteiger partial charge in [0.05, 0.1) is 6.61 Å². The molecule has 0 fully saturated rings. The van der Waals surface area contributed by atoms with Crippen molar-refractivity contribution in [1.82, 2.24) is 5.32 Å². The average molecular weight is 261 g/mol. The van der Waals surface area contributed by atoms with E-state index < -0.39 is 0 Å². The third-order valence-corrected chi connectivity index (χ3v) is 3.91. The zero-order valence-corrected chi connectivity index (χ0v) is 12.5. The Morgan fingerprint density at radius 2 is 2.11 bits per heavy atom. The van der Waals surface area contributed by atoms with Gasteiger partial charge in [-0.25, -0.2) is 0 Å². The molecule has 106 valence electrons. The molecule has 0 aliphatic carbocycles. The minimum atomic E-state index is 0.588. The topological polar surface area (TPSA) is 21.3 Å². The molecule has 0 bridgehead atoms. The van der Waals surface area contributed by atoms with E-state index in [1.165, 1.54) is 24.8 Å². The van der Waals surface area contributed by atoms with Gasteiger partial charge in [-0.15, -0.1) is 0 Å². The van der Waals surface area contributed by atoms with Gasteiger partial charge in [-0.05, 0) is 37.8 Å². The van der Waals surface area contributed by atoms with Crippen LogP contribution in [0.2, 0.25) is 0 Å². The quantitative estimate of drug-likeness (QED) is 0.802. The SMILES string of the molecule is CCNC(CCC1COc2ccccc21)CC(C)C. The van der Waals surface area contributed by atoms with Crippen molar-refractivity contribution in [2.45, 2.75) is 52.0 Å². The molecule has 0 spiro atoms. The number of ether oxygens (including phenoxy) is 1. The Morgan fingerprint density at radius 1 is 1.32 bits per heavy atom. The highest BCUT2D eigenvalue weighted by molar-refractivity contribution is 5.39. The van der Waals surface area contributed by atoms with Crippen LogP contribution >= 0.6 is 0 Å². The lowest BCUT2D eigenvalue weighted by Gasteiger charge is -2.21. The van der Waals surface area contributed by atoms with Gasteiger partial charge in [-0.3, -0.25) is 0 Å². The van der Waals surface area contributed by atoms with E-state index in [0.29, 0.717) is 12.0 Å². The highest BCUT2D eigenvalue weighted by Crippen LogP contribution is 2.36. The molecule has 2 rings (SSSR count). The number of fused-ring (bicyclic) bond motifs is 1. The van der Waals surface area contributed by atoms with Gasteiger partial charge in [-0.2, -0.15) is 0 Å². The van der Waals surface area contributed by atoms with Crippen molar-refractivity contribution in [3.8, 4) is 5.75 Å². The molecule has 0 amide bonds. The van der Waals surface area contributed by atoms with Crippen LogP contribution in [-0.2, 0) is 0 Å². The van der Waals surface area contributed by atoms with E-state index in [9.17, 15) is 0 Å². The van der Waals surface area contributed by atoms with Crippen molar-refractivity contribution in [2.24, 2.45) is 5.92 Å². The number of nitrogens with one attached hydrogen (secondary N) is 1. The highest BCUT2D eigenvalue weighted by Gasteiger charge is 2.24. The Morgan fingerprint density at radius 3 is 2.84 bits per heavy atom. The lowest BCUT2D eigenvalue weighted by atomic mass is 9.91. The van der Waals surface area contributed by atoms with Crippen LogP contribution in [0.5, 0.6) is 5.75 Å². The molecule has 1 aromatic carbocycles. The second kappa shape index (κ2) is 6.95. The summed E-state index contributed by atoms with van der Waals surface area (Å²) in [6.07, 6.45) is 3.73. The number of benzene rings is 1. The molecule has 1 aromatic rings. The summed E-state index contributed by atoms with van der Waals surface area (Å²) in [6.45, 7) is 8.73. The first kappa shape index (κ1) is 14.4. The van der Waals surface area contributed by atoms with E-state index in [0.717, 1.165) is 24.8 Å². The lowest BCUT2D eigenvalue weighted by molar-refractivity contribution is 0.311. The lowest BCUT2D eigenvalue weighted by Crippen LogP contribution is -2.30. The molecule has 1 aliphatic heterocycles. The maximum Gasteiger partial charge on any atom is 0.122 e. The molecule has 19 heavy (non-hydrogen) atoms. The van der Waals surface area contributed by atoms with Crippen LogP contribution in [0.3, 0.4) is 0 Å². The first-order chi connectivity index (χ1) is 9.20. The molecular formula is C17H27NO.